The van der Waals surface area contributed by atoms with E-state index < -0.39 is 12.1 Å². The molecule has 1 saturated heterocycles. The van der Waals surface area contributed by atoms with Gasteiger partial charge in [0.2, 0.25) is 0 Å². The number of carboxylic acids is 1. The van der Waals surface area contributed by atoms with Gasteiger partial charge in [-0.3, -0.25) is 9.69 Å². The number of carboxylic acid groups (broad SMARTS) is 1. The zero-order valence-electron chi connectivity index (χ0n) is 18.3. The lowest BCUT2D eigenvalue weighted by Crippen LogP contribution is -2.46. The number of piperazine rings is 1. The van der Waals surface area contributed by atoms with Crippen molar-refractivity contribution in [1.82, 2.24) is 15.2 Å². The average Bonchev–Trinajstić information content (AvgIpc) is 3.61. The van der Waals surface area contributed by atoms with Gasteiger partial charge in [0.25, 0.3) is 5.91 Å². The van der Waals surface area contributed by atoms with Crippen molar-refractivity contribution < 1.29 is 32.3 Å². The molecule has 1 aliphatic heterocycles. The highest BCUT2D eigenvalue weighted by molar-refractivity contribution is 6.33. The Morgan fingerprint density at radius 2 is 1.74 bits per heavy atom. The number of benzene rings is 1. The molecule has 2 aliphatic rings. The fraction of sp³-hybridized carbons (Fsp3) is 0.409. The molecule has 0 radical (unpaired) electrons. The molecule has 2 aromatic rings. The Labute approximate surface area is 208 Å². The summed E-state index contributed by atoms with van der Waals surface area (Å²) in [4.78, 5) is 29.7. The average molecular weight is 537 g/mol. The van der Waals surface area contributed by atoms with Gasteiger partial charge in [-0.25, -0.2) is 14.2 Å². The first-order chi connectivity index (χ1) is 16.5. The number of anilines is 1. The van der Waals surface area contributed by atoms with Crippen LogP contribution in [0.2, 0.25) is 10.0 Å². The minimum Gasteiger partial charge on any atom is -0.475 e. The van der Waals surface area contributed by atoms with Crippen molar-refractivity contribution in [3.63, 3.8) is 0 Å². The Morgan fingerprint density at radius 3 is 2.26 bits per heavy atom. The van der Waals surface area contributed by atoms with Crippen LogP contribution in [0, 0.1) is 5.82 Å². The van der Waals surface area contributed by atoms with E-state index in [1.165, 1.54) is 6.07 Å². The molecule has 0 unspecified atom stereocenters. The van der Waals surface area contributed by atoms with Crippen LogP contribution in [0.1, 0.15) is 28.8 Å². The second kappa shape index (κ2) is 11.4. The lowest BCUT2D eigenvalue weighted by atomic mass is 10.1. The summed E-state index contributed by atoms with van der Waals surface area (Å²) in [6, 6.07) is 6.72. The second-order valence-corrected chi connectivity index (χ2v) is 8.86. The topological polar surface area (TPSA) is 85.8 Å². The summed E-state index contributed by atoms with van der Waals surface area (Å²) in [6.07, 6.45) is -1.44. The maximum absolute atomic E-state index is 14.0. The van der Waals surface area contributed by atoms with E-state index in [-0.39, 0.29) is 11.7 Å². The normalized spacial score (nSPS) is 16.3. The first-order valence-electron chi connectivity index (χ1n) is 10.6. The van der Waals surface area contributed by atoms with E-state index in [9.17, 15) is 22.4 Å². The van der Waals surface area contributed by atoms with Crippen LogP contribution in [-0.2, 0) is 11.3 Å². The highest BCUT2D eigenvalue weighted by Crippen LogP contribution is 2.27. The number of aliphatic carboxylic acids is 1. The zero-order chi connectivity index (χ0) is 25.8. The molecule has 35 heavy (non-hydrogen) atoms. The van der Waals surface area contributed by atoms with Crippen molar-refractivity contribution in [2.45, 2.75) is 31.6 Å². The fourth-order valence-corrected chi connectivity index (χ4v) is 3.82. The van der Waals surface area contributed by atoms with Gasteiger partial charge in [0.05, 0.1) is 10.6 Å². The third-order valence-electron chi connectivity index (χ3n) is 5.35. The number of alkyl halides is 3. The monoisotopic (exact) mass is 536 g/mol. The number of hydrogen-bond acceptors (Lipinski definition) is 5. The largest absolute Gasteiger partial charge is 0.490 e. The minimum atomic E-state index is -5.08. The second-order valence-electron chi connectivity index (χ2n) is 8.04. The predicted molar refractivity (Wildman–Crippen MR) is 122 cm³/mol. The molecule has 1 saturated carbocycles. The van der Waals surface area contributed by atoms with E-state index in [4.69, 9.17) is 33.1 Å². The van der Waals surface area contributed by atoms with Crippen molar-refractivity contribution in [2.24, 2.45) is 0 Å². The van der Waals surface area contributed by atoms with Crippen LogP contribution in [0.4, 0.5) is 23.4 Å². The van der Waals surface area contributed by atoms with Crippen molar-refractivity contribution >= 4 is 40.9 Å². The number of pyridine rings is 1. The van der Waals surface area contributed by atoms with Crippen molar-refractivity contribution in [3.8, 4) is 0 Å². The first-order valence-corrected chi connectivity index (χ1v) is 11.4. The first kappa shape index (κ1) is 27.0. The number of carbonyl (C=O) groups is 2. The summed E-state index contributed by atoms with van der Waals surface area (Å²) in [5.74, 6) is -2.49. The van der Waals surface area contributed by atoms with E-state index >= 15 is 0 Å². The number of carbonyl (C=O) groups excluding carboxylic acids is 1. The lowest BCUT2D eigenvalue weighted by molar-refractivity contribution is -0.192. The molecule has 1 amide bonds. The van der Waals surface area contributed by atoms with E-state index in [1.54, 1.807) is 24.4 Å². The van der Waals surface area contributed by atoms with E-state index in [2.05, 4.69) is 20.1 Å². The summed E-state index contributed by atoms with van der Waals surface area (Å²) in [7, 11) is 0. The van der Waals surface area contributed by atoms with Gasteiger partial charge in [-0.1, -0.05) is 29.3 Å². The van der Waals surface area contributed by atoms with Gasteiger partial charge in [0.15, 0.2) is 0 Å². The maximum Gasteiger partial charge on any atom is 0.490 e. The number of halogens is 6. The molecule has 0 atom stereocenters. The number of nitrogens with zero attached hydrogens (tertiary/aromatic N) is 3. The Hall–Kier alpha value is -2.63. The molecular formula is C22H22Cl2F4N4O3. The van der Waals surface area contributed by atoms with Gasteiger partial charge in [0.1, 0.15) is 11.6 Å². The van der Waals surface area contributed by atoms with Crippen LogP contribution in [0.3, 0.4) is 0 Å². The predicted octanol–water partition coefficient (Wildman–Crippen LogP) is 4.38. The maximum atomic E-state index is 14.0. The standard InChI is InChI=1S/C20H21Cl2FN4O.C2HF3O2/c21-16-2-1-3-18(23)15(16)12-26-6-8-27(9-7-26)19-17(22)10-13(11-24-19)20(28)25-14-4-5-14;3-2(4,5)1(6)7/h1-3,10-11,14H,4-9,12H2,(H,25,28);(H,6,7). The van der Waals surface area contributed by atoms with E-state index in [0.717, 1.165) is 25.9 Å². The summed E-state index contributed by atoms with van der Waals surface area (Å²) < 4.78 is 45.7. The highest BCUT2D eigenvalue weighted by Gasteiger charge is 2.38. The van der Waals surface area contributed by atoms with Crippen LogP contribution >= 0.6 is 23.2 Å². The highest BCUT2D eigenvalue weighted by atomic mass is 35.5. The number of aromatic nitrogens is 1. The lowest BCUT2D eigenvalue weighted by Gasteiger charge is -2.36. The summed E-state index contributed by atoms with van der Waals surface area (Å²) in [5, 5.41) is 11.0. The third kappa shape index (κ3) is 7.68. The van der Waals surface area contributed by atoms with Crippen LogP contribution in [0.25, 0.3) is 0 Å². The van der Waals surface area contributed by atoms with Crippen molar-refractivity contribution in [3.05, 3.63) is 57.5 Å². The summed E-state index contributed by atoms with van der Waals surface area (Å²) in [6.45, 7) is 3.39. The number of amides is 1. The molecule has 1 aromatic heterocycles. The molecule has 7 nitrogen and oxygen atoms in total. The van der Waals surface area contributed by atoms with Crippen LogP contribution < -0.4 is 10.2 Å². The Kier molecular flexibility index (Phi) is 8.79. The molecule has 2 N–H and O–H groups in total. The Balaban J connectivity index is 0.000000429. The van der Waals surface area contributed by atoms with Gasteiger partial charge < -0.3 is 15.3 Å². The molecule has 0 spiro atoms. The number of rotatable bonds is 5. The quantitative estimate of drug-likeness (QED) is 0.551. The van der Waals surface area contributed by atoms with Gasteiger partial charge in [-0.05, 0) is 31.0 Å². The van der Waals surface area contributed by atoms with Gasteiger partial charge in [-0.2, -0.15) is 13.2 Å². The van der Waals surface area contributed by atoms with Crippen LogP contribution in [-0.4, -0.2) is 65.3 Å². The third-order valence-corrected chi connectivity index (χ3v) is 5.99. The molecule has 2 fully saturated rings. The molecule has 2 heterocycles. The smallest absolute Gasteiger partial charge is 0.475 e. The molecular weight excluding hydrogens is 515 g/mol. The summed E-state index contributed by atoms with van der Waals surface area (Å²) >= 11 is 12.5. The minimum absolute atomic E-state index is 0.130. The van der Waals surface area contributed by atoms with Gasteiger partial charge in [0, 0.05) is 55.5 Å². The van der Waals surface area contributed by atoms with E-state index in [0.29, 0.717) is 52.7 Å². The number of hydrogen-bond donors (Lipinski definition) is 2. The molecule has 13 heteroatoms. The Morgan fingerprint density at radius 1 is 1.11 bits per heavy atom. The zero-order valence-corrected chi connectivity index (χ0v) is 19.8. The fourth-order valence-electron chi connectivity index (χ4n) is 3.31. The molecule has 1 aromatic carbocycles. The SMILES string of the molecule is O=C(NC1CC1)c1cnc(N2CCN(Cc3c(F)cccc3Cl)CC2)c(Cl)c1.O=C(O)C(F)(F)F. The molecule has 190 valence electrons. The molecule has 1 aliphatic carbocycles. The molecule has 4 rings (SSSR count). The molecule has 0 bridgehead atoms. The Bertz CT molecular complexity index is 1050. The van der Waals surface area contributed by atoms with Gasteiger partial charge in [-0.15, -0.1) is 0 Å². The van der Waals surface area contributed by atoms with E-state index in [1.807, 2.05) is 0 Å². The van der Waals surface area contributed by atoms with Crippen LogP contribution in [0.5, 0.6) is 0 Å². The van der Waals surface area contributed by atoms with Crippen molar-refractivity contribution in [1.29, 1.82) is 0 Å². The number of nitrogens with one attached hydrogen (secondary N) is 1. The summed E-state index contributed by atoms with van der Waals surface area (Å²) in [5.41, 5.74) is 1.01. The van der Waals surface area contributed by atoms with Crippen molar-refractivity contribution in [2.75, 3.05) is 31.1 Å². The van der Waals surface area contributed by atoms with Gasteiger partial charge >= 0.3 is 12.1 Å². The van der Waals surface area contributed by atoms with Crippen LogP contribution in [0.15, 0.2) is 30.5 Å².